The van der Waals surface area contributed by atoms with Crippen LogP contribution >= 0.6 is 0 Å². The van der Waals surface area contributed by atoms with Gasteiger partial charge >= 0.3 is 5.69 Å². The zero-order chi connectivity index (χ0) is 12.5. The normalized spacial score (nSPS) is 17.2. The third-order valence-electron chi connectivity index (χ3n) is 3.48. The maximum atomic E-state index is 13.7. The summed E-state index contributed by atoms with van der Waals surface area (Å²) >= 11 is 0. The first-order chi connectivity index (χ1) is 8.75. The van der Waals surface area contributed by atoms with E-state index in [1.54, 1.807) is 6.07 Å². The number of aromatic amines is 1. The van der Waals surface area contributed by atoms with Crippen molar-refractivity contribution in [3.63, 3.8) is 0 Å². The zero-order valence-electron chi connectivity index (χ0n) is 9.87. The Kier molecular flexibility index (Phi) is 2.83. The molecule has 0 saturated carbocycles. The Hall–Kier alpha value is -1.75. The van der Waals surface area contributed by atoms with E-state index in [-0.39, 0.29) is 11.4 Å². The molecule has 0 atom stereocenters. The molecule has 1 aliphatic rings. The van der Waals surface area contributed by atoms with Gasteiger partial charge in [0.25, 0.3) is 0 Å². The monoisotopic (exact) mass is 247 g/mol. The molecular weight excluding hydrogens is 233 g/mol. The lowest BCUT2D eigenvalue weighted by Gasteiger charge is -2.23. The average molecular weight is 247 g/mol. The van der Waals surface area contributed by atoms with Crippen LogP contribution in [0.5, 0.6) is 0 Å². The Labute approximate surface area is 103 Å². The second kappa shape index (κ2) is 4.49. The topological polar surface area (TPSA) is 57.8 Å². The third-order valence-corrected chi connectivity index (χ3v) is 3.48. The number of rotatable bonds is 1. The summed E-state index contributed by atoms with van der Waals surface area (Å²) in [4.78, 5) is 18.1. The fraction of sp³-hybridized carbons (Fsp3) is 0.385. The lowest BCUT2D eigenvalue weighted by atomic mass is 9.92. The molecule has 0 spiro atoms. The number of piperidine rings is 1. The van der Waals surface area contributed by atoms with Gasteiger partial charge in [-0.15, -0.1) is 0 Å². The number of nitrogens with one attached hydrogen (secondary N) is 2. The highest BCUT2D eigenvalue weighted by Gasteiger charge is 2.19. The molecule has 0 unspecified atom stereocenters. The first kappa shape index (κ1) is 11.3. The number of fused-ring (bicyclic) bond motifs is 1. The van der Waals surface area contributed by atoms with Crippen molar-refractivity contribution >= 4 is 10.9 Å². The quantitative estimate of drug-likeness (QED) is 0.803. The van der Waals surface area contributed by atoms with Gasteiger partial charge in [-0.1, -0.05) is 12.1 Å². The van der Waals surface area contributed by atoms with Crippen molar-refractivity contribution in [2.45, 2.75) is 18.8 Å². The Morgan fingerprint density at radius 3 is 2.83 bits per heavy atom. The molecule has 0 radical (unpaired) electrons. The first-order valence-electron chi connectivity index (χ1n) is 6.15. The van der Waals surface area contributed by atoms with Crippen molar-refractivity contribution in [2.75, 3.05) is 13.1 Å². The van der Waals surface area contributed by atoms with Crippen LogP contribution in [0.4, 0.5) is 4.39 Å². The van der Waals surface area contributed by atoms with Crippen LogP contribution in [0.25, 0.3) is 10.9 Å². The number of hydrogen-bond donors (Lipinski definition) is 2. The molecule has 3 rings (SSSR count). The van der Waals surface area contributed by atoms with Crippen LogP contribution < -0.4 is 11.0 Å². The van der Waals surface area contributed by atoms with Crippen molar-refractivity contribution in [3.8, 4) is 0 Å². The number of hydrogen-bond acceptors (Lipinski definition) is 3. The molecule has 1 saturated heterocycles. The Morgan fingerprint density at radius 1 is 1.28 bits per heavy atom. The van der Waals surface area contributed by atoms with Gasteiger partial charge in [0, 0.05) is 17.0 Å². The van der Waals surface area contributed by atoms with E-state index >= 15 is 0 Å². The van der Waals surface area contributed by atoms with Gasteiger partial charge in [-0.25, -0.2) is 9.18 Å². The average Bonchev–Trinajstić information content (AvgIpc) is 2.40. The summed E-state index contributed by atoms with van der Waals surface area (Å²) in [5.74, 6) is -0.167. The summed E-state index contributed by atoms with van der Waals surface area (Å²) in [6.45, 7) is 1.84. The molecule has 0 bridgehead atoms. The highest BCUT2D eigenvalue weighted by Crippen LogP contribution is 2.28. The number of aromatic nitrogens is 2. The minimum Gasteiger partial charge on any atom is -0.317 e. The lowest BCUT2D eigenvalue weighted by Crippen LogP contribution is -2.28. The fourth-order valence-corrected chi connectivity index (χ4v) is 2.59. The van der Waals surface area contributed by atoms with Crippen molar-refractivity contribution < 1.29 is 4.39 Å². The molecule has 94 valence electrons. The Balaban J connectivity index is 2.21. The van der Waals surface area contributed by atoms with Gasteiger partial charge in [0.05, 0.1) is 0 Å². The van der Waals surface area contributed by atoms with E-state index in [2.05, 4.69) is 15.3 Å². The molecule has 2 N–H and O–H groups in total. The minimum absolute atomic E-state index is 0.176. The van der Waals surface area contributed by atoms with E-state index in [1.165, 1.54) is 6.07 Å². The molecule has 0 aliphatic carbocycles. The van der Waals surface area contributed by atoms with Gasteiger partial charge in [-0.05, 0) is 32.0 Å². The summed E-state index contributed by atoms with van der Waals surface area (Å²) in [6, 6.07) is 4.81. The number of para-hydroxylation sites is 1. The highest BCUT2D eigenvalue weighted by molar-refractivity contribution is 5.81. The van der Waals surface area contributed by atoms with E-state index in [9.17, 15) is 9.18 Å². The van der Waals surface area contributed by atoms with E-state index in [0.717, 1.165) is 37.0 Å². The van der Waals surface area contributed by atoms with Gasteiger partial charge in [0.2, 0.25) is 0 Å². The predicted molar refractivity (Wildman–Crippen MR) is 67.2 cm³/mol. The number of H-pyrrole nitrogens is 1. The van der Waals surface area contributed by atoms with Crippen molar-refractivity contribution in [1.82, 2.24) is 15.3 Å². The molecule has 4 nitrogen and oxygen atoms in total. The Bertz CT molecular complexity index is 632. The summed E-state index contributed by atoms with van der Waals surface area (Å²) in [6.07, 6.45) is 1.90. The summed E-state index contributed by atoms with van der Waals surface area (Å²) < 4.78 is 13.7. The lowest BCUT2D eigenvalue weighted by molar-refractivity contribution is 0.454. The van der Waals surface area contributed by atoms with Crippen LogP contribution in [-0.4, -0.2) is 23.1 Å². The summed E-state index contributed by atoms with van der Waals surface area (Å²) in [7, 11) is 0. The van der Waals surface area contributed by atoms with Crippen LogP contribution in [0, 0.1) is 5.82 Å². The van der Waals surface area contributed by atoms with E-state index in [1.807, 2.05) is 6.07 Å². The second-order valence-electron chi connectivity index (χ2n) is 4.62. The van der Waals surface area contributed by atoms with E-state index in [0.29, 0.717) is 0 Å². The molecule has 2 heterocycles. The van der Waals surface area contributed by atoms with Gasteiger partial charge in [0.1, 0.15) is 11.3 Å². The maximum Gasteiger partial charge on any atom is 0.345 e. The number of halogens is 1. The van der Waals surface area contributed by atoms with Crippen LogP contribution in [-0.2, 0) is 0 Å². The number of benzene rings is 1. The molecule has 1 fully saturated rings. The van der Waals surface area contributed by atoms with Crippen LogP contribution in [0.3, 0.4) is 0 Å². The third kappa shape index (κ3) is 1.90. The molecular formula is C13H14FN3O. The Morgan fingerprint density at radius 2 is 2.06 bits per heavy atom. The molecule has 5 heteroatoms. The van der Waals surface area contributed by atoms with Gasteiger partial charge in [0.15, 0.2) is 0 Å². The van der Waals surface area contributed by atoms with Gasteiger partial charge in [-0.3, -0.25) is 0 Å². The van der Waals surface area contributed by atoms with Gasteiger partial charge in [-0.2, -0.15) is 4.98 Å². The van der Waals surface area contributed by atoms with Crippen molar-refractivity contribution in [2.24, 2.45) is 0 Å². The van der Waals surface area contributed by atoms with E-state index < -0.39 is 11.5 Å². The predicted octanol–water partition coefficient (Wildman–Crippen LogP) is 1.53. The van der Waals surface area contributed by atoms with Crippen LogP contribution in [0.2, 0.25) is 0 Å². The molecule has 1 aliphatic heterocycles. The van der Waals surface area contributed by atoms with Gasteiger partial charge < -0.3 is 10.3 Å². The molecule has 18 heavy (non-hydrogen) atoms. The maximum absolute atomic E-state index is 13.7. The molecule has 2 aromatic rings. The zero-order valence-corrected chi connectivity index (χ0v) is 9.87. The molecule has 1 aromatic heterocycles. The highest BCUT2D eigenvalue weighted by atomic mass is 19.1. The first-order valence-corrected chi connectivity index (χ1v) is 6.15. The molecule has 0 amide bonds. The standard InChI is InChI=1S/C13H14FN3O/c14-10-3-1-2-9-11(8-4-6-15-7-5-8)16-13(18)17-12(9)10/h1-3,8,15H,4-7H2,(H,16,17,18). The van der Waals surface area contributed by atoms with Crippen molar-refractivity contribution in [1.29, 1.82) is 0 Å². The number of nitrogens with zero attached hydrogens (tertiary/aromatic N) is 1. The van der Waals surface area contributed by atoms with Crippen LogP contribution in [0.1, 0.15) is 24.5 Å². The largest absolute Gasteiger partial charge is 0.345 e. The van der Waals surface area contributed by atoms with Crippen LogP contribution in [0.15, 0.2) is 23.0 Å². The summed E-state index contributed by atoms with van der Waals surface area (Å²) in [5.41, 5.74) is 0.530. The summed E-state index contributed by atoms with van der Waals surface area (Å²) in [5, 5.41) is 4.00. The van der Waals surface area contributed by atoms with Crippen molar-refractivity contribution in [3.05, 3.63) is 40.2 Å². The fourth-order valence-electron chi connectivity index (χ4n) is 2.59. The van der Waals surface area contributed by atoms with E-state index in [4.69, 9.17) is 0 Å². The SMILES string of the molecule is O=c1nc2c(F)cccc2c(C2CCNCC2)[nH]1. The second-order valence-corrected chi connectivity index (χ2v) is 4.62. The molecule has 1 aromatic carbocycles. The smallest absolute Gasteiger partial charge is 0.317 e. The minimum atomic E-state index is -0.471.